The number of rotatable bonds is 5. The van der Waals surface area contributed by atoms with E-state index in [4.69, 9.17) is 19.9 Å². The lowest BCUT2D eigenvalue weighted by Gasteiger charge is -2.37. The molecule has 0 radical (unpaired) electrons. The third kappa shape index (κ3) is 4.24. The van der Waals surface area contributed by atoms with Crippen molar-refractivity contribution in [1.82, 2.24) is 5.32 Å². The molecule has 1 aliphatic carbocycles. The number of halogens is 1. The quantitative estimate of drug-likeness (QED) is 0.790. The summed E-state index contributed by atoms with van der Waals surface area (Å²) in [6.45, 7) is 3.08. The maximum Gasteiger partial charge on any atom is 0.231 e. The monoisotopic (exact) mass is 356 g/mol. The fraction of sp³-hybridized carbons (Fsp3) is 0.588. The van der Waals surface area contributed by atoms with Crippen molar-refractivity contribution >= 4 is 18.3 Å². The van der Waals surface area contributed by atoms with Crippen LogP contribution in [-0.2, 0) is 4.79 Å². The highest BCUT2D eigenvalue weighted by Crippen LogP contribution is 2.35. The minimum atomic E-state index is -0.402. The molecular weight excluding hydrogens is 332 g/mol. The van der Waals surface area contributed by atoms with Crippen molar-refractivity contribution in [3.05, 3.63) is 18.2 Å². The van der Waals surface area contributed by atoms with Crippen molar-refractivity contribution in [2.45, 2.75) is 38.1 Å². The smallest absolute Gasteiger partial charge is 0.231 e. The Morgan fingerprint density at radius 3 is 2.96 bits per heavy atom. The number of nitrogens with two attached hydrogens (primary N) is 1. The summed E-state index contributed by atoms with van der Waals surface area (Å²) in [6, 6.07) is 5.44. The van der Waals surface area contributed by atoms with Gasteiger partial charge in [-0.05, 0) is 31.9 Å². The van der Waals surface area contributed by atoms with Crippen molar-refractivity contribution in [2.24, 2.45) is 11.7 Å². The van der Waals surface area contributed by atoms with E-state index in [9.17, 15) is 4.79 Å². The predicted molar refractivity (Wildman–Crippen MR) is 92.9 cm³/mol. The van der Waals surface area contributed by atoms with Crippen LogP contribution in [-0.4, -0.2) is 31.4 Å². The van der Waals surface area contributed by atoms with Crippen LogP contribution in [0.1, 0.15) is 32.6 Å². The van der Waals surface area contributed by atoms with Gasteiger partial charge < -0.3 is 25.3 Å². The van der Waals surface area contributed by atoms with Crippen LogP contribution < -0.4 is 25.3 Å². The van der Waals surface area contributed by atoms with E-state index < -0.39 is 5.54 Å². The molecule has 3 N–H and O–H groups in total. The first-order chi connectivity index (χ1) is 11.1. The van der Waals surface area contributed by atoms with Gasteiger partial charge in [0, 0.05) is 11.6 Å². The lowest BCUT2D eigenvalue weighted by molar-refractivity contribution is -0.128. The summed E-state index contributed by atoms with van der Waals surface area (Å²) >= 11 is 0. The standard InChI is InChI=1S/C17H24N2O4.ClH/c1-17(18)7-3-2-4-13(17)16(20)19-8-9-21-12-5-6-14-15(10-12)23-11-22-14;/h5-6,10,13H,2-4,7-9,11,18H2,1H3,(H,19,20);1H. The third-order valence-corrected chi connectivity index (χ3v) is 4.58. The Morgan fingerprint density at radius 1 is 1.38 bits per heavy atom. The summed E-state index contributed by atoms with van der Waals surface area (Å²) in [6.07, 6.45) is 3.93. The second kappa shape index (κ2) is 7.94. The van der Waals surface area contributed by atoms with Gasteiger partial charge in [0.05, 0.1) is 12.5 Å². The highest BCUT2D eigenvalue weighted by Gasteiger charge is 2.37. The lowest BCUT2D eigenvalue weighted by atomic mass is 9.74. The van der Waals surface area contributed by atoms with E-state index in [-0.39, 0.29) is 31.0 Å². The Balaban J connectivity index is 0.00000208. The molecule has 6 nitrogen and oxygen atoms in total. The second-order valence-corrected chi connectivity index (χ2v) is 6.46. The second-order valence-electron chi connectivity index (χ2n) is 6.46. The zero-order chi connectivity index (χ0) is 16.3. The SMILES string of the molecule is CC1(N)CCCCC1C(=O)NCCOc1ccc2c(c1)OCO2.Cl. The summed E-state index contributed by atoms with van der Waals surface area (Å²) < 4.78 is 16.2. The maximum atomic E-state index is 12.3. The van der Waals surface area contributed by atoms with E-state index in [0.29, 0.717) is 24.7 Å². The number of fused-ring (bicyclic) bond motifs is 1. The Kier molecular flexibility index (Phi) is 6.18. The molecule has 2 unspecified atom stereocenters. The highest BCUT2D eigenvalue weighted by molar-refractivity contribution is 5.85. The Morgan fingerprint density at radius 2 is 2.17 bits per heavy atom. The molecule has 3 rings (SSSR count). The lowest BCUT2D eigenvalue weighted by Crippen LogP contribution is -2.53. The fourth-order valence-electron chi connectivity index (χ4n) is 3.22. The normalized spacial score (nSPS) is 24.8. The molecule has 1 heterocycles. The minimum Gasteiger partial charge on any atom is -0.492 e. The average Bonchev–Trinajstić information content (AvgIpc) is 2.98. The van der Waals surface area contributed by atoms with Crippen LogP contribution in [0.2, 0.25) is 0 Å². The first-order valence-electron chi connectivity index (χ1n) is 8.15. The Labute approximate surface area is 148 Å². The molecule has 1 fully saturated rings. The molecule has 1 amide bonds. The number of amides is 1. The summed E-state index contributed by atoms with van der Waals surface area (Å²) in [5.74, 6) is 2.04. The molecule has 134 valence electrons. The van der Waals surface area contributed by atoms with Crippen molar-refractivity contribution in [1.29, 1.82) is 0 Å². The minimum absolute atomic E-state index is 0. The molecule has 2 atom stereocenters. The molecule has 0 bridgehead atoms. The van der Waals surface area contributed by atoms with Crippen LogP contribution in [0.3, 0.4) is 0 Å². The van der Waals surface area contributed by atoms with Crippen molar-refractivity contribution < 1.29 is 19.0 Å². The van der Waals surface area contributed by atoms with Crippen molar-refractivity contribution in [3.63, 3.8) is 0 Å². The number of benzene rings is 1. The molecule has 1 aromatic carbocycles. The molecule has 1 aliphatic heterocycles. The van der Waals surface area contributed by atoms with Crippen molar-refractivity contribution in [3.8, 4) is 17.2 Å². The van der Waals surface area contributed by atoms with Gasteiger partial charge >= 0.3 is 0 Å². The van der Waals surface area contributed by atoms with Gasteiger partial charge in [0.2, 0.25) is 12.7 Å². The van der Waals surface area contributed by atoms with E-state index in [2.05, 4.69) is 5.32 Å². The van der Waals surface area contributed by atoms with Crippen LogP contribution in [0.4, 0.5) is 0 Å². The summed E-state index contributed by atoms with van der Waals surface area (Å²) in [7, 11) is 0. The van der Waals surface area contributed by atoms with E-state index in [1.54, 1.807) is 6.07 Å². The largest absolute Gasteiger partial charge is 0.492 e. The summed E-state index contributed by atoms with van der Waals surface area (Å²) in [4.78, 5) is 12.3. The zero-order valence-corrected chi connectivity index (χ0v) is 14.7. The summed E-state index contributed by atoms with van der Waals surface area (Å²) in [5, 5.41) is 2.93. The van der Waals surface area contributed by atoms with E-state index in [1.807, 2.05) is 19.1 Å². The molecule has 2 aliphatic rings. The molecular formula is C17H25ClN2O4. The molecule has 24 heavy (non-hydrogen) atoms. The Hall–Kier alpha value is -1.66. The Bertz CT molecular complexity index is 580. The molecule has 0 spiro atoms. The fourth-order valence-corrected chi connectivity index (χ4v) is 3.22. The number of carbonyl (C=O) groups excluding carboxylic acids is 1. The van der Waals surface area contributed by atoms with E-state index in [0.717, 1.165) is 31.4 Å². The number of carbonyl (C=O) groups is 1. The first kappa shape index (κ1) is 18.7. The van der Waals surface area contributed by atoms with Crippen LogP contribution >= 0.6 is 12.4 Å². The van der Waals surface area contributed by atoms with Crippen LogP contribution in [0, 0.1) is 5.92 Å². The van der Waals surface area contributed by atoms with Crippen LogP contribution in [0.25, 0.3) is 0 Å². The van der Waals surface area contributed by atoms with Gasteiger partial charge in [0.1, 0.15) is 12.4 Å². The van der Waals surface area contributed by atoms with Gasteiger partial charge in [-0.1, -0.05) is 12.8 Å². The average molecular weight is 357 g/mol. The molecule has 0 saturated heterocycles. The molecule has 0 aromatic heterocycles. The van der Waals surface area contributed by atoms with Gasteiger partial charge in [0.25, 0.3) is 0 Å². The van der Waals surface area contributed by atoms with Crippen molar-refractivity contribution in [2.75, 3.05) is 19.9 Å². The number of ether oxygens (including phenoxy) is 3. The van der Waals surface area contributed by atoms with Gasteiger partial charge in [-0.2, -0.15) is 0 Å². The number of hydrogen-bond donors (Lipinski definition) is 2. The van der Waals surface area contributed by atoms with Gasteiger partial charge in [0.15, 0.2) is 11.5 Å². The van der Waals surface area contributed by atoms with Crippen LogP contribution in [0.5, 0.6) is 17.2 Å². The molecule has 1 saturated carbocycles. The number of nitrogens with one attached hydrogen (secondary N) is 1. The van der Waals surface area contributed by atoms with E-state index in [1.165, 1.54) is 0 Å². The van der Waals surface area contributed by atoms with Gasteiger partial charge in [-0.25, -0.2) is 0 Å². The topological polar surface area (TPSA) is 82.8 Å². The highest BCUT2D eigenvalue weighted by atomic mass is 35.5. The summed E-state index contributed by atoms with van der Waals surface area (Å²) in [5.41, 5.74) is 5.85. The van der Waals surface area contributed by atoms with E-state index >= 15 is 0 Å². The molecule has 7 heteroatoms. The zero-order valence-electron chi connectivity index (χ0n) is 13.9. The van der Waals surface area contributed by atoms with Crippen LogP contribution in [0.15, 0.2) is 18.2 Å². The molecule has 1 aromatic rings. The van der Waals surface area contributed by atoms with Gasteiger partial charge in [-0.15, -0.1) is 12.4 Å². The number of hydrogen-bond acceptors (Lipinski definition) is 5. The third-order valence-electron chi connectivity index (χ3n) is 4.58. The first-order valence-corrected chi connectivity index (χ1v) is 8.15. The maximum absolute atomic E-state index is 12.3. The predicted octanol–water partition coefficient (Wildman–Crippen LogP) is 2.24. The van der Waals surface area contributed by atoms with Gasteiger partial charge in [-0.3, -0.25) is 4.79 Å².